The number of nitrogens with one attached hydrogen (secondary N) is 2. The molecular weight excluding hydrogens is 322 g/mol. The fourth-order valence-electron chi connectivity index (χ4n) is 1.72. The molecule has 0 aliphatic rings. The number of thiocarbonyl (C=S) groups is 1. The molecule has 0 aliphatic heterocycles. The van der Waals surface area contributed by atoms with E-state index in [9.17, 15) is 0 Å². The van der Waals surface area contributed by atoms with E-state index in [1.807, 2.05) is 50.2 Å². The SMILES string of the molecule is Cc1cc(C)nc(NC(=S)Nc2ccc(Br)cc2)c1. The number of anilines is 2. The van der Waals surface area contributed by atoms with E-state index in [0.717, 1.165) is 27.2 Å². The van der Waals surface area contributed by atoms with E-state index in [0.29, 0.717) is 5.11 Å². The lowest BCUT2D eigenvalue weighted by Crippen LogP contribution is -2.19. The molecule has 0 amide bonds. The first-order valence-electron chi connectivity index (χ1n) is 5.82. The second kappa shape index (κ2) is 6.12. The molecule has 1 aromatic heterocycles. The number of nitrogens with zero attached hydrogens (tertiary/aromatic N) is 1. The molecular formula is C14H14BrN3S. The summed E-state index contributed by atoms with van der Waals surface area (Å²) in [6, 6.07) is 11.8. The van der Waals surface area contributed by atoms with Gasteiger partial charge in [-0.2, -0.15) is 0 Å². The summed E-state index contributed by atoms with van der Waals surface area (Å²) in [6.07, 6.45) is 0. The molecule has 1 heterocycles. The van der Waals surface area contributed by atoms with Gasteiger partial charge in [0, 0.05) is 15.9 Å². The van der Waals surface area contributed by atoms with E-state index in [-0.39, 0.29) is 0 Å². The second-order valence-corrected chi connectivity index (χ2v) is 5.58. The van der Waals surface area contributed by atoms with Gasteiger partial charge in [0.05, 0.1) is 0 Å². The van der Waals surface area contributed by atoms with Gasteiger partial charge in [-0.3, -0.25) is 0 Å². The number of benzene rings is 1. The molecule has 0 saturated heterocycles. The molecule has 3 nitrogen and oxygen atoms in total. The molecule has 19 heavy (non-hydrogen) atoms. The third-order valence-corrected chi connectivity index (χ3v) is 3.17. The molecule has 2 N–H and O–H groups in total. The minimum atomic E-state index is 0.528. The highest BCUT2D eigenvalue weighted by atomic mass is 79.9. The van der Waals surface area contributed by atoms with Crippen LogP contribution in [0.15, 0.2) is 40.9 Å². The Morgan fingerprint density at radius 1 is 1.11 bits per heavy atom. The second-order valence-electron chi connectivity index (χ2n) is 4.26. The van der Waals surface area contributed by atoms with E-state index >= 15 is 0 Å². The molecule has 0 unspecified atom stereocenters. The minimum Gasteiger partial charge on any atom is -0.332 e. The normalized spacial score (nSPS) is 10.1. The monoisotopic (exact) mass is 335 g/mol. The summed E-state index contributed by atoms with van der Waals surface area (Å²) in [5.74, 6) is 0.757. The first kappa shape index (κ1) is 14.0. The number of aryl methyl sites for hydroxylation is 2. The van der Waals surface area contributed by atoms with Crippen LogP contribution in [0.1, 0.15) is 11.3 Å². The van der Waals surface area contributed by atoms with Crippen LogP contribution in [-0.4, -0.2) is 10.1 Å². The van der Waals surface area contributed by atoms with Crippen molar-refractivity contribution < 1.29 is 0 Å². The van der Waals surface area contributed by atoms with Crippen LogP contribution in [0.3, 0.4) is 0 Å². The Bertz CT molecular complexity index is 576. The van der Waals surface area contributed by atoms with Crippen LogP contribution in [0.5, 0.6) is 0 Å². The molecule has 0 saturated carbocycles. The van der Waals surface area contributed by atoms with Crippen molar-refractivity contribution in [3.8, 4) is 0 Å². The smallest absolute Gasteiger partial charge is 0.176 e. The lowest BCUT2D eigenvalue weighted by atomic mass is 10.2. The van der Waals surface area contributed by atoms with Crippen LogP contribution >= 0.6 is 28.1 Å². The number of rotatable bonds is 2. The van der Waals surface area contributed by atoms with Crippen molar-refractivity contribution in [2.24, 2.45) is 0 Å². The van der Waals surface area contributed by atoms with Gasteiger partial charge in [0.15, 0.2) is 5.11 Å². The molecule has 5 heteroatoms. The van der Waals surface area contributed by atoms with Gasteiger partial charge in [-0.05, 0) is 68.0 Å². The highest BCUT2D eigenvalue weighted by Crippen LogP contribution is 2.15. The third-order valence-electron chi connectivity index (χ3n) is 2.44. The highest BCUT2D eigenvalue weighted by Gasteiger charge is 2.01. The summed E-state index contributed by atoms with van der Waals surface area (Å²) in [5, 5.41) is 6.73. The molecule has 0 bridgehead atoms. The summed E-state index contributed by atoms with van der Waals surface area (Å²) >= 11 is 8.66. The predicted molar refractivity (Wildman–Crippen MR) is 87.7 cm³/mol. The highest BCUT2D eigenvalue weighted by molar-refractivity contribution is 9.10. The Morgan fingerprint density at radius 3 is 2.42 bits per heavy atom. The minimum absolute atomic E-state index is 0.528. The number of pyridine rings is 1. The lowest BCUT2D eigenvalue weighted by molar-refractivity contribution is 1.18. The van der Waals surface area contributed by atoms with Crippen molar-refractivity contribution in [3.63, 3.8) is 0 Å². The molecule has 0 fully saturated rings. The summed E-state index contributed by atoms with van der Waals surface area (Å²) in [6.45, 7) is 3.99. The summed E-state index contributed by atoms with van der Waals surface area (Å²) < 4.78 is 1.04. The standard InChI is InChI=1S/C14H14BrN3S/c1-9-7-10(2)16-13(8-9)18-14(19)17-12-5-3-11(15)4-6-12/h3-8H,1-2H3,(H2,16,17,18,19). The van der Waals surface area contributed by atoms with E-state index < -0.39 is 0 Å². The molecule has 2 aromatic rings. The Morgan fingerprint density at radius 2 is 1.79 bits per heavy atom. The van der Waals surface area contributed by atoms with Gasteiger partial charge in [-0.1, -0.05) is 15.9 Å². The molecule has 0 aliphatic carbocycles. The zero-order valence-electron chi connectivity index (χ0n) is 10.7. The molecule has 98 valence electrons. The predicted octanol–water partition coefficient (Wildman–Crippen LogP) is 4.27. The van der Waals surface area contributed by atoms with Gasteiger partial charge in [-0.25, -0.2) is 4.98 Å². The maximum absolute atomic E-state index is 5.26. The molecule has 0 spiro atoms. The van der Waals surface area contributed by atoms with Crippen LogP contribution in [-0.2, 0) is 0 Å². The van der Waals surface area contributed by atoms with Crippen molar-refractivity contribution in [3.05, 3.63) is 52.1 Å². The van der Waals surface area contributed by atoms with Gasteiger partial charge >= 0.3 is 0 Å². The van der Waals surface area contributed by atoms with Gasteiger partial charge in [0.1, 0.15) is 5.82 Å². The average Bonchev–Trinajstić information content (AvgIpc) is 2.30. The average molecular weight is 336 g/mol. The number of halogens is 1. The van der Waals surface area contributed by atoms with Crippen molar-refractivity contribution in [2.75, 3.05) is 10.6 Å². The number of aromatic nitrogens is 1. The number of hydrogen-bond acceptors (Lipinski definition) is 2. The van der Waals surface area contributed by atoms with Crippen molar-refractivity contribution in [1.82, 2.24) is 4.98 Å². The topological polar surface area (TPSA) is 37.0 Å². The van der Waals surface area contributed by atoms with Crippen molar-refractivity contribution in [1.29, 1.82) is 0 Å². The first-order valence-corrected chi connectivity index (χ1v) is 7.02. The van der Waals surface area contributed by atoms with Gasteiger partial charge < -0.3 is 10.6 Å². The summed E-state index contributed by atoms with van der Waals surface area (Å²) in [5.41, 5.74) is 3.06. The van der Waals surface area contributed by atoms with Gasteiger partial charge in [-0.15, -0.1) is 0 Å². The van der Waals surface area contributed by atoms with Crippen LogP contribution in [0, 0.1) is 13.8 Å². The van der Waals surface area contributed by atoms with E-state index in [1.54, 1.807) is 0 Å². The van der Waals surface area contributed by atoms with Crippen LogP contribution in [0.2, 0.25) is 0 Å². The first-order chi connectivity index (χ1) is 9.02. The molecule has 0 atom stereocenters. The van der Waals surface area contributed by atoms with Gasteiger partial charge in [0.2, 0.25) is 0 Å². The molecule has 1 aromatic carbocycles. The summed E-state index contributed by atoms with van der Waals surface area (Å²) in [7, 11) is 0. The fraction of sp³-hybridized carbons (Fsp3) is 0.143. The van der Waals surface area contributed by atoms with Crippen LogP contribution in [0.4, 0.5) is 11.5 Å². The Kier molecular flexibility index (Phi) is 4.50. The lowest BCUT2D eigenvalue weighted by Gasteiger charge is -2.11. The Labute approximate surface area is 126 Å². The van der Waals surface area contributed by atoms with Crippen molar-refractivity contribution in [2.45, 2.75) is 13.8 Å². The van der Waals surface area contributed by atoms with E-state index in [1.165, 1.54) is 0 Å². The fourth-order valence-corrected chi connectivity index (χ4v) is 2.20. The maximum Gasteiger partial charge on any atom is 0.176 e. The summed E-state index contributed by atoms with van der Waals surface area (Å²) in [4.78, 5) is 4.38. The quantitative estimate of drug-likeness (QED) is 0.803. The molecule has 2 rings (SSSR count). The van der Waals surface area contributed by atoms with Crippen molar-refractivity contribution >= 4 is 44.8 Å². The van der Waals surface area contributed by atoms with Crippen LogP contribution in [0.25, 0.3) is 0 Å². The zero-order valence-corrected chi connectivity index (χ0v) is 13.1. The Balaban J connectivity index is 2.03. The maximum atomic E-state index is 5.26. The van der Waals surface area contributed by atoms with Gasteiger partial charge in [0.25, 0.3) is 0 Å². The third kappa shape index (κ3) is 4.29. The van der Waals surface area contributed by atoms with Crippen LogP contribution < -0.4 is 10.6 Å². The van der Waals surface area contributed by atoms with E-state index in [2.05, 4.69) is 31.5 Å². The van der Waals surface area contributed by atoms with E-state index in [4.69, 9.17) is 12.2 Å². The molecule has 0 radical (unpaired) electrons. The zero-order chi connectivity index (χ0) is 13.8. The largest absolute Gasteiger partial charge is 0.332 e. The Hall–Kier alpha value is -1.46. The number of hydrogen-bond donors (Lipinski definition) is 2.